The summed E-state index contributed by atoms with van der Waals surface area (Å²) in [6, 6.07) is 0. The van der Waals surface area contributed by atoms with Crippen LogP contribution in [0, 0.1) is 0 Å². The van der Waals surface area contributed by atoms with Crippen molar-refractivity contribution in [2.75, 3.05) is 7.11 Å². The van der Waals surface area contributed by atoms with Gasteiger partial charge >= 0.3 is 6.09 Å². The molecule has 1 radical (unpaired) electrons. The first-order valence-corrected chi connectivity index (χ1v) is 2.53. The van der Waals surface area contributed by atoms with Gasteiger partial charge < -0.3 is 4.74 Å². The number of amides is 2. The quantitative estimate of drug-likeness (QED) is 0.512. The molecule has 0 saturated carbocycles. The molecule has 9 heavy (non-hydrogen) atoms. The Kier molecular flexibility index (Phi) is 3.43. The maximum atomic E-state index is 10.3. The molecule has 0 aliphatic rings. The zero-order valence-corrected chi connectivity index (χ0v) is 5.38. The highest BCUT2D eigenvalue weighted by molar-refractivity contribution is 5.90. The molecular formula is C5H8NO3. The molecular weight excluding hydrogens is 122 g/mol. The number of hydrogen-bond donors (Lipinski definition) is 0. The third kappa shape index (κ3) is 3.52. The van der Waals surface area contributed by atoms with Gasteiger partial charge in [-0.25, -0.2) is 4.79 Å². The molecule has 0 aromatic heterocycles. The molecule has 0 spiro atoms. The van der Waals surface area contributed by atoms with Crippen molar-refractivity contribution in [2.24, 2.45) is 0 Å². The fourth-order valence-corrected chi connectivity index (χ4v) is 0.227. The molecule has 4 heteroatoms. The van der Waals surface area contributed by atoms with E-state index in [1.165, 1.54) is 7.11 Å². The van der Waals surface area contributed by atoms with Gasteiger partial charge in [-0.1, -0.05) is 6.92 Å². The summed E-state index contributed by atoms with van der Waals surface area (Å²) in [6.45, 7) is 1.62. The molecule has 0 aromatic carbocycles. The van der Waals surface area contributed by atoms with Gasteiger partial charge in [-0.15, -0.1) is 5.32 Å². The van der Waals surface area contributed by atoms with E-state index in [1.807, 2.05) is 0 Å². The third-order valence-corrected chi connectivity index (χ3v) is 0.693. The van der Waals surface area contributed by atoms with E-state index >= 15 is 0 Å². The van der Waals surface area contributed by atoms with Crippen molar-refractivity contribution < 1.29 is 14.3 Å². The van der Waals surface area contributed by atoms with Crippen molar-refractivity contribution in [2.45, 2.75) is 13.3 Å². The molecule has 0 aliphatic carbocycles. The lowest BCUT2D eigenvalue weighted by molar-refractivity contribution is -0.120. The highest BCUT2D eigenvalue weighted by Gasteiger charge is 2.05. The minimum absolute atomic E-state index is 0.231. The molecule has 0 unspecified atom stereocenters. The number of carbonyl (C=O) groups is 2. The fourth-order valence-electron chi connectivity index (χ4n) is 0.227. The van der Waals surface area contributed by atoms with E-state index in [2.05, 4.69) is 10.1 Å². The van der Waals surface area contributed by atoms with Crippen molar-refractivity contribution in [3.8, 4) is 0 Å². The summed E-state index contributed by atoms with van der Waals surface area (Å²) in [4.78, 5) is 20.5. The zero-order valence-electron chi connectivity index (χ0n) is 5.38. The van der Waals surface area contributed by atoms with Gasteiger partial charge in [-0.05, 0) is 0 Å². The number of ether oxygens (including phenoxy) is 1. The van der Waals surface area contributed by atoms with Gasteiger partial charge in [-0.3, -0.25) is 4.79 Å². The Morgan fingerprint density at radius 1 is 1.56 bits per heavy atom. The van der Waals surface area contributed by atoms with Gasteiger partial charge in [0.1, 0.15) is 0 Å². The Morgan fingerprint density at radius 3 is 2.44 bits per heavy atom. The Morgan fingerprint density at radius 2 is 2.11 bits per heavy atom. The molecule has 2 amide bonds. The highest BCUT2D eigenvalue weighted by Crippen LogP contribution is 1.79. The van der Waals surface area contributed by atoms with E-state index in [0.29, 0.717) is 0 Å². The number of nitrogens with zero attached hydrogens (tertiary/aromatic N) is 1. The van der Waals surface area contributed by atoms with Gasteiger partial charge in [-0.2, -0.15) is 0 Å². The van der Waals surface area contributed by atoms with Crippen molar-refractivity contribution in [3.63, 3.8) is 0 Å². The van der Waals surface area contributed by atoms with Crippen molar-refractivity contribution in [3.05, 3.63) is 0 Å². The average molecular weight is 130 g/mol. The van der Waals surface area contributed by atoms with E-state index in [4.69, 9.17) is 0 Å². The van der Waals surface area contributed by atoms with E-state index in [0.717, 1.165) is 0 Å². The van der Waals surface area contributed by atoms with E-state index in [1.54, 1.807) is 6.92 Å². The Bertz CT molecular complexity index is 107. The van der Waals surface area contributed by atoms with Gasteiger partial charge in [0.15, 0.2) is 0 Å². The van der Waals surface area contributed by atoms with Crippen LogP contribution in [0.15, 0.2) is 0 Å². The summed E-state index contributed by atoms with van der Waals surface area (Å²) in [5.41, 5.74) is 0. The summed E-state index contributed by atoms with van der Waals surface area (Å²) in [5, 5.41) is 3.01. The first-order valence-electron chi connectivity index (χ1n) is 2.53. The van der Waals surface area contributed by atoms with Crippen LogP contribution in [0.2, 0.25) is 0 Å². The third-order valence-electron chi connectivity index (χ3n) is 0.693. The van der Waals surface area contributed by atoms with Gasteiger partial charge in [0.05, 0.1) is 7.11 Å². The Hall–Kier alpha value is -1.06. The van der Waals surface area contributed by atoms with Gasteiger partial charge in [0.25, 0.3) is 5.91 Å². The van der Waals surface area contributed by atoms with E-state index in [9.17, 15) is 9.59 Å². The van der Waals surface area contributed by atoms with E-state index in [-0.39, 0.29) is 6.42 Å². The van der Waals surface area contributed by atoms with Crippen molar-refractivity contribution in [1.29, 1.82) is 0 Å². The summed E-state index contributed by atoms with van der Waals surface area (Å²) in [5.74, 6) is -0.457. The zero-order chi connectivity index (χ0) is 7.28. The monoisotopic (exact) mass is 130 g/mol. The first kappa shape index (κ1) is 7.94. The minimum atomic E-state index is -0.832. The van der Waals surface area contributed by atoms with Gasteiger partial charge in [0, 0.05) is 6.42 Å². The Balaban J connectivity index is 3.47. The fraction of sp³-hybridized carbons (Fsp3) is 0.600. The second-order valence-corrected chi connectivity index (χ2v) is 1.33. The van der Waals surface area contributed by atoms with Crippen LogP contribution >= 0.6 is 0 Å². The second-order valence-electron chi connectivity index (χ2n) is 1.33. The SMILES string of the molecule is CCC(=O)[N]C(=O)OC. The predicted octanol–water partition coefficient (Wildman–Crippen LogP) is 0.294. The maximum absolute atomic E-state index is 10.3. The summed E-state index contributed by atoms with van der Waals surface area (Å²) in [6.07, 6.45) is -0.600. The summed E-state index contributed by atoms with van der Waals surface area (Å²) < 4.78 is 4.10. The molecule has 4 nitrogen and oxygen atoms in total. The maximum Gasteiger partial charge on any atom is 0.436 e. The second kappa shape index (κ2) is 3.88. The molecule has 0 rings (SSSR count). The van der Waals surface area contributed by atoms with Gasteiger partial charge in [0.2, 0.25) is 0 Å². The molecule has 0 fully saturated rings. The number of hydrogen-bond acceptors (Lipinski definition) is 3. The molecule has 51 valence electrons. The van der Waals surface area contributed by atoms with Crippen LogP contribution in [-0.4, -0.2) is 19.1 Å². The molecule has 0 aromatic rings. The summed E-state index contributed by atoms with van der Waals surface area (Å²) in [7, 11) is 1.18. The lowest BCUT2D eigenvalue weighted by atomic mass is 10.5. The predicted molar refractivity (Wildman–Crippen MR) is 29.8 cm³/mol. The standard InChI is InChI=1S/C5H8NO3/c1-3-4(7)6-5(8)9-2/h3H2,1-2H3. The van der Waals surface area contributed by atoms with Crippen LogP contribution in [0.3, 0.4) is 0 Å². The highest BCUT2D eigenvalue weighted by atomic mass is 16.5. The average Bonchev–Trinajstić information content (AvgIpc) is 1.87. The van der Waals surface area contributed by atoms with Crippen LogP contribution in [0.4, 0.5) is 4.79 Å². The summed E-state index contributed by atoms with van der Waals surface area (Å²) >= 11 is 0. The smallest absolute Gasteiger partial charge is 0.436 e. The topological polar surface area (TPSA) is 57.5 Å². The minimum Gasteiger partial charge on any atom is -0.451 e. The number of imide groups is 1. The van der Waals surface area contributed by atoms with Crippen LogP contribution < -0.4 is 5.32 Å². The first-order chi connectivity index (χ1) is 4.20. The normalized spacial score (nSPS) is 8.22. The van der Waals surface area contributed by atoms with Crippen LogP contribution in [-0.2, 0) is 9.53 Å². The molecule has 0 aliphatic heterocycles. The van der Waals surface area contributed by atoms with Crippen LogP contribution in [0.1, 0.15) is 13.3 Å². The Labute approximate surface area is 53.2 Å². The van der Waals surface area contributed by atoms with E-state index < -0.39 is 12.0 Å². The largest absolute Gasteiger partial charge is 0.451 e. The van der Waals surface area contributed by atoms with Crippen LogP contribution in [0.5, 0.6) is 0 Å². The molecule has 0 saturated heterocycles. The molecule has 0 bridgehead atoms. The van der Waals surface area contributed by atoms with Crippen molar-refractivity contribution >= 4 is 12.0 Å². The lowest BCUT2D eigenvalue weighted by Crippen LogP contribution is -2.21. The molecule has 0 N–H and O–H groups in total. The lowest BCUT2D eigenvalue weighted by Gasteiger charge is -1.93. The molecule has 0 heterocycles. The number of carbonyl (C=O) groups excluding carboxylic acids is 2. The van der Waals surface area contributed by atoms with Crippen molar-refractivity contribution in [1.82, 2.24) is 5.32 Å². The van der Waals surface area contributed by atoms with Crippen LogP contribution in [0.25, 0.3) is 0 Å². The molecule has 0 atom stereocenters. The number of rotatable bonds is 1. The number of methoxy groups -OCH3 is 1.